The van der Waals surface area contributed by atoms with E-state index in [9.17, 15) is 9.90 Å². The maximum absolute atomic E-state index is 11.4. The van der Waals surface area contributed by atoms with Gasteiger partial charge in [0.15, 0.2) is 5.28 Å². The second-order valence-corrected chi connectivity index (χ2v) is 3.81. The number of Topliss-reactive ketones (excluding diaryl/α,β-unsaturated/α-hetero) is 1. The first-order valence-electron chi connectivity index (χ1n) is 5.01. The number of carbonyl (C=O) groups excluding carboxylic acids is 1. The average molecular weight is 221 g/mol. The maximum atomic E-state index is 11.4. The molecular formula is C11H13N2O3+. The van der Waals surface area contributed by atoms with Gasteiger partial charge >= 0.3 is 12.3 Å². The molecule has 0 saturated heterocycles. The Morgan fingerprint density at radius 3 is 2.62 bits per heavy atom. The third-order valence-corrected chi connectivity index (χ3v) is 2.49. The van der Waals surface area contributed by atoms with Crippen LogP contribution in [0.15, 0.2) is 29.5 Å². The summed E-state index contributed by atoms with van der Waals surface area (Å²) in [6.45, 7) is 3.37. The Morgan fingerprint density at radius 2 is 2.06 bits per heavy atom. The lowest BCUT2D eigenvalue weighted by Crippen LogP contribution is -2.35. The van der Waals surface area contributed by atoms with E-state index in [-0.39, 0.29) is 5.78 Å². The number of hydrogen-bond acceptors (Lipinski definition) is 4. The second-order valence-electron chi connectivity index (χ2n) is 3.81. The SMILES string of the molecule is CC(=O)C1C(O)ON=[N+]1c1ccc(C)cc1. The summed E-state index contributed by atoms with van der Waals surface area (Å²) in [4.78, 5) is 16.1. The highest BCUT2D eigenvalue weighted by Crippen LogP contribution is 2.23. The topological polar surface area (TPSA) is 61.9 Å². The van der Waals surface area contributed by atoms with Crippen LogP contribution in [0.2, 0.25) is 0 Å². The van der Waals surface area contributed by atoms with Crippen molar-refractivity contribution in [1.29, 1.82) is 0 Å². The van der Waals surface area contributed by atoms with Crippen LogP contribution in [0.3, 0.4) is 0 Å². The minimum atomic E-state index is -1.20. The van der Waals surface area contributed by atoms with E-state index in [1.807, 2.05) is 31.2 Å². The van der Waals surface area contributed by atoms with Crippen LogP contribution in [0.25, 0.3) is 0 Å². The van der Waals surface area contributed by atoms with Gasteiger partial charge in [-0.2, -0.15) is 0 Å². The fraction of sp³-hybridized carbons (Fsp3) is 0.364. The van der Waals surface area contributed by atoms with E-state index in [0.29, 0.717) is 0 Å². The fourth-order valence-corrected chi connectivity index (χ4v) is 1.61. The van der Waals surface area contributed by atoms with Crippen LogP contribution in [0.1, 0.15) is 12.5 Å². The summed E-state index contributed by atoms with van der Waals surface area (Å²) in [5, 5.41) is 13.1. The number of rotatable bonds is 2. The molecule has 1 heterocycles. The van der Waals surface area contributed by atoms with Crippen molar-refractivity contribution in [3.05, 3.63) is 29.8 Å². The van der Waals surface area contributed by atoms with Gasteiger partial charge in [-0.15, -0.1) is 0 Å². The number of aliphatic hydroxyl groups excluding tert-OH is 1. The van der Waals surface area contributed by atoms with Crippen molar-refractivity contribution >= 4 is 11.5 Å². The van der Waals surface area contributed by atoms with Gasteiger partial charge in [-0.05, 0) is 11.6 Å². The molecule has 2 unspecified atom stereocenters. The average Bonchev–Trinajstić information content (AvgIpc) is 2.61. The summed E-state index contributed by atoms with van der Waals surface area (Å²) in [5.74, 6) is -0.186. The molecule has 0 spiro atoms. The molecule has 0 fully saturated rings. The van der Waals surface area contributed by atoms with Crippen LogP contribution in [0.4, 0.5) is 5.69 Å². The summed E-state index contributed by atoms with van der Waals surface area (Å²) >= 11 is 0. The lowest BCUT2D eigenvalue weighted by Gasteiger charge is -2.03. The van der Waals surface area contributed by atoms with Crippen molar-refractivity contribution in [2.24, 2.45) is 5.28 Å². The quantitative estimate of drug-likeness (QED) is 0.766. The van der Waals surface area contributed by atoms with Crippen molar-refractivity contribution < 1.29 is 19.4 Å². The molecule has 0 aliphatic carbocycles. The molecule has 1 N–H and O–H groups in total. The van der Waals surface area contributed by atoms with Crippen molar-refractivity contribution in [1.82, 2.24) is 0 Å². The van der Waals surface area contributed by atoms with Crippen molar-refractivity contribution in [2.75, 3.05) is 0 Å². The Bertz CT molecular complexity index is 439. The first-order chi connectivity index (χ1) is 7.59. The molecule has 0 aromatic heterocycles. The molecule has 0 amide bonds. The molecule has 0 saturated carbocycles. The highest BCUT2D eigenvalue weighted by Gasteiger charge is 2.45. The Balaban J connectivity index is 2.34. The summed E-state index contributed by atoms with van der Waals surface area (Å²) in [7, 11) is 0. The van der Waals surface area contributed by atoms with E-state index in [1.54, 1.807) is 0 Å². The number of ketones is 1. The van der Waals surface area contributed by atoms with Gasteiger partial charge in [0, 0.05) is 19.1 Å². The van der Waals surface area contributed by atoms with E-state index in [2.05, 4.69) is 5.28 Å². The minimum absolute atomic E-state index is 0.186. The van der Waals surface area contributed by atoms with Crippen molar-refractivity contribution in [3.8, 4) is 0 Å². The number of carbonyl (C=O) groups is 1. The van der Waals surface area contributed by atoms with Crippen molar-refractivity contribution in [3.63, 3.8) is 0 Å². The van der Waals surface area contributed by atoms with Crippen LogP contribution in [0, 0.1) is 6.92 Å². The molecule has 0 bridgehead atoms. The zero-order chi connectivity index (χ0) is 11.7. The molecule has 2 atom stereocenters. The Morgan fingerprint density at radius 1 is 1.44 bits per heavy atom. The molecule has 84 valence electrons. The van der Waals surface area contributed by atoms with Gasteiger partial charge in [0.1, 0.15) is 0 Å². The molecule has 1 aliphatic heterocycles. The summed E-state index contributed by atoms with van der Waals surface area (Å²) < 4.78 is 1.40. The van der Waals surface area contributed by atoms with Gasteiger partial charge in [0.2, 0.25) is 11.5 Å². The van der Waals surface area contributed by atoms with Gasteiger partial charge in [0.25, 0.3) is 0 Å². The highest BCUT2D eigenvalue weighted by atomic mass is 16.7. The third-order valence-electron chi connectivity index (χ3n) is 2.49. The van der Waals surface area contributed by atoms with Gasteiger partial charge < -0.3 is 9.94 Å². The molecule has 16 heavy (non-hydrogen) atoms. The molecule has 1 aliphatic rings. The van der Waals surface area contributed by atoms with Gasteiger partial charge in [-0.25, -0.2) is 0 Å². The molecule has 5 nitrogen and oxygen atoms in total. The highest BCUT2D eigenvalue weighted by molar-refractivity contribution is 5.80. The number of aryl methyl sites for hydroxylation is 1. The Labute approximate surface area is 92.9 Å². The molecule has 1 aromatic rings. The predicted molar refractivity (Wildman–Crippen MR) is 55.1 cm³/mol. The molecule has 2 rings (SSSR count). The van der Waals surface area contributed by atoms with E-state index in [1.165, 1.54) is 11.6 Å². The van der Waals surface area contributed by atoms with Crippen molar-refractivity contribution in [2.45, 2.75) is 26.2 Å². The van der Waals surface area contributed by atoms with Crippen LogP contribution in [-0.2, 0) is 9.63 Å². The molecule has 5 heteroatoms. The summed E-state index contributed by atoms with van der Waals surface area (Å²) in [6.07, 6.45) is -1.20. The van der Waals surface area contributed by atoms with E-state index in [0.717, 1.165) is 11.3 Å². The lowest BCUT2D eigenvalue weighted by molar-refractivity contribution is -0.533. The number of benzene rings is 1. The number of aliphatic hydroxyl groups is 1. The van der Waals surface area contributed by atoms with Crippen LogP contribution < -0.4 is 0 Å². The van der Waals surface area contributed by atoms with E-state index < -0.39 is 12.3 Å². The zero-order valence-corrected chi connectivity index (χ0v) is 9.12. The number of hydrogen-bond donors (Lipinski definition) is 1. The van der Waals surface area contributed by atoms with Gasteiger partial charge in [0.05, 0.1) is 0 Å². The lowest BCUT2D eigenvalue weighted by atomic mass is 10.1. The van der Waals surface area contributed by atoms with Gasteiger partial charge in [-0.1, -0.05) is 17.7 Å². The minimum Gasteiger partial charge on any atom is -0.351 e. The zero-order valence-electron chi connectivity index (χ0n) is 9.12. The monoisotopic (exact) mass is 221 g/mol. The van der Waals surface area contributed by atoms with Gasteiger partial charge in [-0.3, -0.25) is 4.79 Å². The van der Waals surface area contributed by atoms with E-state index >= 15 is 0 Å². The Kier molecular flexibility index (Phi) is 2.70. The van der Waals surface area contributed by atoms with E-state index in [4.69, 9.17) is 4.84 Å². The molecule has 1 aromatic carbocycles. The molecular weight excluding hydrogens is 208 g/mol. The smallest absolute Gasteiger partial charge is 0.308 e. The summed E-state index contributed by atoms with van der Waals surface area (Å²) in [5.41, 5.74) is 1.84. The third kappa shape index (κ3) is 1.81. The first-order valence-corrected chi connectivity index (χ1v) is 5.01. The van der Waals surface area contributed by atoms with Crippen LogP contribution in [-0.4, -0.2) is 27.9 Å². The van der Waals surface area contributed by atoms with Crippen LogP contribution >= 0.6 is 0 Å². The largest absolute Gasteiger partial charge is 0.351 e. The fourth-order valence-electron chi connectivity index (χ4n) is 1.61. The molecule has 0 radical (unpaired) electrons. The standard InChI is InChI=1S/C11H13N2O3/c1-7-3-5-9(6-4-7)13-10(8(2)14)11(15)16-12-13/h3-6,10-11,15H,1-2H3/q+1. The second kappa shape index (κ2) is 4.02. The Hall–Kier alpha value is -1.75. The maximum Gasteiger partial charge on any atom is 0.308 e. The predicted octanol–water partition coefficient (Wildman–Crippen LogP) is 1.31. The van der Waals surface area contributed by atoms with Crippen LogP contribution in [0.5, 0.6) is 0 Å². The normalized spacial score (nSPS) is 23.8. The number of nitrogens with zero attached hydrogens (tertiary/aromatic N) is 2. The first kappa shape index (κ1) is 10.8. The summed E-state index contributed by atoms with van der Waals surface area (Å²) in [6, 6.07) is 6.72.